The first-order valence-electron chi connectivity index (χ1n) is 21.8. The molecule has 2 unspecified atom stereocenters. The Bertz CT molecular complexity index is 2800. The molecule has 4 fully saturated rings. The number of aromatic nitrogens is 1. The molecule has 0 N–H and O–H groups in total. The van der Waals surface area contributed by atoms with Crippen LogP contribution < -0.4 is 4.90 Å². The van der Waals surface area contributed by atoms with Gasteiger partial charge in [0.25, 0.3) is 0 Å². The van der Waals surface area contributed by atoms with Crippen molar-refractivity contribution < 1.29 is 0 Å². The maximum absolute atomic E-state index is 2.51. The molecule has 0 aliphatic heterocycles. The molecule has 284 valence electrons. The monoisotopic (exact) mass is 750 g/mol. The average Bonchev–Trinajstić information content (AvgIpc) is 3.60. The maximum atomic E-state index is 2.51. The first-order valence-corrected chi connectivity index (χ1v) is 21.8. The van der Waals surface area contributed by atoms with Crippen LogP contribution >= 0.6 is 0 Å². The Morgan fingerprint density at radius 3 is 1.71 bits per heavy atom. The van der Waals surface area contributed by atoms with Crippen LogP contribution in [-0.4, -0.2) is 4.57 Å². The Morgan fingerprint density at radius 1 is 0.483 bits per heavy atom. The number of benzene rings is 7. The van der Waals surface area contributed by atoms with E-state index in [-0.39, 0.29) is 5.41 Å². The van der Waals surface area contributed by atoms with Gasteiger partial charge < -0.3 is 9.47 Å². The molecule has 7 aromatic carbocycles. The van der Waals surface area contributed by atoms with E-state index in [4.69, 9.17) is 0 Å². The molecular formula is C56H50N2. The zero-order valence-electron chi connectivity index (χ0n) is 33.7. The van der Waals surface area contributed by atoms with Crippen molar-refractivity contribution in [1.82, 2.24) is 4.57 Å². The zero-order valence-corrected chi connectivity index (χ0v) is 33.7. The van der Waals surface area contributed by atoms with Crippen molar-refractivity contribution >= 4 is 38.9 Å². The van der Waals surface area contributed by atoms with E-state index in [0.29, 0.717) is 5.41 Å². The van der Waals surface area contributed by atoms with Crippen molar-refractivity contribution in [2.45, 2.75) is 69.6 Å². The number of anilines is 3. The zero-order chi connectivity index (χ0) is 38.6. The van der Waals surface area contributed by atoms with Gasteiger partial charge in [-0.1, -0.05) is 136 Å². The predicted molar refractivity (Wildman–Crippen MR) is 243 cm³/mol. The molecule has 2 heteroatoms. The quantitative estimate of drug-likeness (QED) is 0.164. The molecule has 0 radical (unpaired) electrons. The van der Waals surface area contributed by atoms with Crippen molar-refractivity contribution in [2.75, 3.05) is 4.90 Å². The molecule has 2 nitrogen and oxygen atoms in total. The lowest BCUT2D eigenvalue weighted by Crippen LogP contribution is -2.40. The Balaban J connectivity index is 0.967. The van der Waals surface area contributed by atoms with Crippen LogP contribution in [0.3, 0.4) is 0 Å². The molecule has 1 heterocycles. The van der Waals surface area contributed by atoms with Gasteiger partial charge in [-0.15, -0.1) is 0 Å². The number of para-hydroxylation sites is 3. The number of fused-ring (bicyclic) bond motifs is 7. The number of rotatable bonds is 6. The van der Waals surface area contributed by atoms with Crippen LogP contribution in [0.4, 0.5) is 17.1 Å². The minimum Gasteiger partial charge on any atom is -0.310 e. The van der Waals surface area contributed by atoms with E-state index in [1.807, 2.05) is 0 Å². The highest BCUT2D eigenvalue weighted by molar-refractivity contribution is 6.09. The van der Waals surface area contributed by atoms with E-state index in [0.717, 1.165) is 17.8 Å². The second-order valence-electron chi connectivity index (χ2n) is 18.8. The van der Waals surface area contributed by atoms with Crippen molar-refractivity contribution in [3.63, 3.8) is 0 Å². The van der Waals surface area contributed by atoms with E-state index >= 15 is 0 Å². The lowest BCUT2D eigenvalue weighted by Gasteiger charge is -2.49. The Morgan fingerprint density at radius 2 is 1.02 bits per heavy atom. The van der Waals surface area contributed by atoms with Gasteiger partial charge in [0, 0.05) is 38.8 Å². The molecule has 1 aromatic heterocycles. The fraction of sp³-hybridized carbons (Fsp3) is 0.250. The smallest absolute Gasteiger partial charge is 0.0541 e. The Kier molecular flexibility index (Phi) is 7.56. The molecule has 58 heavy (non-hydrogen) atoms. The second-order valence-corrected chi connectivity index (χ2v) is 18.8. The summed E-state index contributed by atoms with van der Waals surface area (Å²) >= 11 is 0. The largest absolute Gasteiger partial charge is 0.310 e. The summed E-state index contributed by atoms with van der Waals surface area (Å²) in [4.78, 5) is 2.50. The van der Waals surface area contributed by atoms with E-state index in [2.05, 4.69) is 187 Å². The SMILES string of the molecule is CC1(C)c2ccccc2-c2ccc(N(c3ccc(-c4ccccc4-n4c5ccccc5c5ccccc54)cc3)c3ccc(C45CC6CC[C@H](C[C@@H](C6)C4)C5)cc3)cc21. The molecule has 4 atom stereocenters. The normalized spacial score (nSPS) is 22.6. The molecule has 4 saturated carbocycles. The molecular weight excluding hydrogens is 701 g/mol. The van der Waals surface area contributed by atoms with Gasteiger partial charge >= 0.3 is 0 Å². The maximum Gasteiger partial charge on any atom is 0.0541 e. The predicted octanol–water partition coefficient (Wildman–Crippen LogP) is 15.1. The minimum absolute atomic E-state index is 0.0745. The topological polar surface area (TPSA) is 8.17 Å². The van der Waals surface area contributed by atoms with E-state index in [1.165, 1.54) is 123 Å². The van der Waals surface area contributed by atoms with Crippen LogP contribution in [0.15, 0.2) is 164 Å². The number of nitrogens with zero attached hydrogens (tertiary/aromatic N) is 2. The Hall–Kier alpha value is -5.86. The average molecular weight is 751 g/mol. The van der Waals surface area contributed by atoms with Crippen LogP contribution in [0.1, 0.15) is 75.5 Å². The van der Waals surface area contributed by atoms with Crippen LogP contribution in [0, 0.1) is 17.8 Å². The van der Waals surface area contributed by atoms with Crippen LogP contribution in [0.25, 0.3) is 49.7 Å². The Labute approximate surface area is 342 Å². The summed E-state index contributed by atoms with van der Waals surface area (Å²) in [6.45, 7) is 4.77. The van der Waals surface area contributed by atoms with E-state index in [9.17, 15) is 0 Å². The summed E-state index contributed by atoms with van der Waals surface area (Å²) in [7, 11) is 0. The standard InChI is InChI=1S/C56H50N2/c1-55(2)50-15-7-3-12-46(50)47-30-29-44(33-51(47)55)57(43-27-23-41(24-28-43)56-34-37-19-20-38(35-56)32-39(31-37)36-56)42-25-21-40(22-26-42)45-11-4-8-16-52(45)58-53-17-9-5-13-48(53)49-14-6-10-18-54(49)58/h3-18,21-30,33,37-39H,19-20,31-32,34-36H2,1-2H3/t37-,38?,39+,56?/m1/s1. The first kappa shape index (κ1) is 34.2. The van der Waals surface area contributed by atoms with E-state index < -0.39 is 0 Å². The third-order valence-electron chi connectivity index (χ3n) is 15.1. The van der Waals surface area contributed by atoms with Crippen LogP contribution in [0.5, 0.6) is 0 Å². The fourth-order valence-corrected chi connectivity index (χ4v) is 12.7. The molecule has 0 saturated heterocycles. The third kappa shape index (κ3) is 5.16. The molecule has 5 aliphatic rings. The van der Waals surface area contributed by atoms with Crippen molar-refractivity contribution in [3.05, 3.63) is 180 Å². The van der Waals surface area contributed by atoms with Crippen molar-refractivity contribution in [2.24, 2.45) is 17.8 Å². The highest BCUT2D eigenvalue weighted by Gasteiger charge is 2.49. The first-order chi connectivity index (χ1) is 28.4. The fourth-order valence-electron chi connectivity index (χ4n) is 12.7. The number of hydrogen-bond donors (Lipinski definition) is 0. The molecule has 8 aromatic rings. The highest BCUT2D eigenvalue weighted by Crippen LogP contribution is 2.59. The van der Waals surface area contributed by atoms with E-state index in [1.54, 1.807) is 5.56 Å². The van der Waals surface area contributed by atoms with Gasteiger partial charge in [-0.25, -0.2) is 0 Å². The summed E-state index contributed by atoms with van der Waals surface area (Å²) in [5, 5.41) is 2.56. The second kappa shape index (κ2) is 12.8. The van der Waals surface area contributed by atoms with Gasteiger partial charge in [-0.2, -0.15) is 0 Å². The van der Waals surface area contributed by atoms with Gasteiger partial charge in [0.1, 0.15) is 0 Å². The molecule has 5 aliphatic carbocycles. The van der Waals surface area contributed by atoms with Gasteiger partial charge in [0.15, 0.2) is 0 Å². The van der Waals surface area contributed by atoms with Gasteiger partial charge in [0.2, 0.25) is 0 Å². The summed E-state index contributed by atoms with van der Waals surface area (Å²) in [5.41, 5.74) is 17.1. The summed E-state index contributed by atoms with van der Waals surface area (Å²) < 4.78 is 2.44. The summed E-state index contributed by atoms with van der Waals surface area (Å²) in [6.07, 6.45) is 10.0. The molecule has 13 rings (SSSR count). The van der Waals surface area contributed by atoms with Crippen molar-refractivity contribution in [3.8, 4) is 27.9 Å². The third-order valence-corrected chi connectivity index (χ3v) is 15.1. The van der Waals surface area contributed by atoms with Gasteiger partial charge in [-0.3, -0.25) is 0 Å². The lowest BCUT2D eigenvalue weighted by atomic mass is 9.56. The summed E-state index contributed by atoms with van der Waals surface area (Å²) in [6, 6.07) is 61.9. The number of hydrogen-bond acceptors (Lipinski definition) is 1. The minimum atomic E-state index is -0.0745. The molecule has 0 amide bonds. The van der Waals surface area contributed by atoms with Crippen molar-refractivity contribution in [1.29, 1.82) is 0 Å². The lowest BCUT2D eigenvalue weighted by molar-refractivity contribution is 0.0984. The van der Waals surface area contributed by atoms with Gasteiger partial charge in [-0.05, 0) is 143 Å². The van der Waals surface area contributed by atoms with Crippen LogP contribution in [-0.2, 0) is 10.8 Å². The summed E-state index contributed by atoms with van der Waals surface area (Å²) in [5.74, 6) is 2.76. The molecule has 0 spiro atoms. The molecule has 4 bridgehead atoms. The van der Waals surface area contributed by atoms with Crippen LogP contribution in [0.2, 0.25) is 0 Å². The highest BCUT2D eigenvalue weighted by atomic mass is 15.1. The van der Waals surface area contributed by atoms with Gasteiger partial charge in [0.05, 0.1) is 16.7 Å².